The van der Waals surface area contributed by atoms with Gasteiger partial charge in [-0.25, -0.2) is 0 Å². The van der Waals surface area contributed by atoms with Crippen LogP contribution in [0.3, 0.4) is 0 Å². The minimum Gasteiger partial charge on any atom is -0.356 e. The summed E-state index contributed by atoms with van der Waals surface area (Å²) in [7, 11) is 0. The van der Waals surface area contributed by atoms with Gasteiger partial charge in [0.1, 0.15) is 0 Å². The third-order valence-electron chi connectivity index (χ3n) is 0. The fourth-order valence-electron chi connectivity index (χ4n) is 0. The molecule has 0 aromatic heterocycles. The fraction of sp³-hybridized carbons (Fsp3) is 0. The summed E-state index contributed by atoms with van der Waals surface area (Å²) >= 11 is 0. The van der Waals surface area contributed by atoms with Crippen LogP contribution in [-0.2, 0) is 0 Å². The van der Waals surface area contributed by atoms with Gasteiger partial charge in [0, 0.05) is 0 Å². The summed E-state index contributed by atoms with van der Waals surface area (Å²) in [6.45, 7) is 0. The molecule has 0 aliphatic heterocycles. The van der Waals surface area contributed by atoms with Gasteiger partial charge in [-0.3, -0.25) is 0 Å². The monoisotopic (exact) mass is 261 g/mol. The van der Waals surface area contributed by atoms with Gasteiger partial charge in [-0.15, -0.1) is 20.2 Å². The zero-order valence-electron chi connectivity index (χ0n) is 7.51. The molecule has 0 atom stereocenters. The minimum atomic E-state index is -1.75. The summed E-state index contributed by atoms with van der Waals surface area (Å²) in [5.41, 5.74) is 0. The fourth-order valence-corrected chi connectivity index (χ4v) is 0. The Morgan fingerprint density at radius 1 is 0.733 bits per heavy atom. The Labute approximate surface area is 124 Å². The molecule has 15 heavy (non-hydrogen) atoms. The van der Waals surface area contributed by atoms with Crippen LogP contribution >= 0.6 is 0 Å². The largest absolute Gasteiger partial charge is 1.00 e. The minimum absolute atomic E-state index is 0. The molecule has 0 aliphatic carbocycles. The summed E-state index contributed by atoms with van der Waals surface area (Å²) in [5.74, 6) is 0. The molecule has 0 aliphatic rings. The van der Waals surface area contributed by atoms with E-state index in [0.717, 1.165) is 0 Å². The van der Waals surface area contributed by atoms with Crippen LogP contribution in [0.2, 0.25) is 0 Å². The quantitative estimate of drug-likeness (QED) is 0.188. The van der Waals surface area contributed by atoms with Crippen molar-refractivity contribution in [1.29, 1.82) is 0 Å². The second kappa shape index (κ2) is 29.2. The Morgan fingerprint density at radius 2 is 0.733 bits per heavy atom. The average molecular weight is 261 g/mol. The molecule has 15 heteroatoms. The molecule has 0 bridgehead atoms. The van der Waals surface area contributed by atoms with E-state index in [9.17, 15) is 0 Å². The molecule has 8 N–H and O–H groups in total. The van der Waals surface area contributed by atoms with E-state index in [-0.39, 0.29) is 63.7 Å². The van der Waals surface area contributed by atoms with Gasteiger partial charge in [0.2, 0.25) is 0 Å². The molecule has 0 amide bonds. The van der Waals surface area contributed by atoms with Crippen LogP contribution in [0.1, 0.15) is 0 Å². The van der Waals surface area contributed by atoms with Crippen molar-refractivity contribution in [2.45, 2.75) is 0 Å². The van der Waals surface area contributed by atoms with E-state index in [1.54, 1.807) is 0 Å². The van der Waals surface area contributed by atoms with Crippen molar-refractivity contribution in [2.75, 3.05) is 0 Å². The van der Waals surface area contributed by atoms with Crippen LogP contribution in [0.5, 0.6) is 0 Å². The maximum absolute atomic E-state index is 8.36. The van der Waals surface area contributed by atoms with Crippen molar-refractivity contribution in [2.24, 2.45) is 0 Å². The first-order valence-electron chi connectivity index (χ1n) is 1.68. The van der Waals surface area contributed by atoms with Crippen molar-refractivity contribution < 1.29 is 77.1 Å². The van der Waals surface area contributed by atoms with Gasteiger partial charge in [-0.2, -0.15) is 0 Å². The Hall–Kier alpha value is -0.844. The van der Waals surface area contributed by atoms with E-state index in [2.05, 4.69) is 0 Å². The molecule has 0 heterocycles. The molecule has 0 fully saturated rings. The third-order valence-corrected chi connectivity index (χ3v) is 0. The van der Waals surface area contributed by atoms with Crippen molar-refractivity contribution >= 4 is 0 Å². The number of nitrogens with zero attached hydrogens (tertiary/aromatic N) is 3. The molecule has 0 spiro atoms. The second-order valence-corrected chi connectivity index (χ2v) is 0.699. The predicted octanol–water partition coefficient (Wildman–Crippen LogP) is -3.61. The first-order valence-corrected chi connectivity index (χ1v) is 1.68. The van der Waals surface area contributed by atoms with Crippen LogP contribution in [0.4, 0.5) is 0 Å². The van der Waals surface area contributed by atoms with E-state index in [1.165, 1.54) is 0 Å². The maximum atomic E-state index is 8.36. The van der Waals surface area contributed by atoms with Crippen LogP contribution in [0.15, 0.2) is 0 Å². The van der Waals surface area contributed by atoms with E-state index in [0.29, 0.717) is 0 Å². The van der Waals surface area contributed by atoms with Crippen molar-refractivity contribution in [1.82, 2.24) is 12.3 Å². The van der Waals surface area contributed by atoms with E-state index in [1.807, 2.05) is 0 Å². The van der Waals surface area contributed by atoms with Gasteiger partial charge >= 0.3 is 51.4 Å². The van der Waals surface area contributed by atoms with Gasteiger partial charge in [-0.1, -0.05) is 0 Å². The van der Waals surface area contributed by atoms with Gasteiger partial charge < -0.3 is 38.0 Å². The molecule has 0 aromatic carbocycles. The topological polar surface area (TPSA) is 263 Å². The molecule has 0 radical (unpaired) electrons. The Morgan fingerprint density at radius 3 is 0.733 bits per heavy atom. The zero-order chi connectivity index (χ0) is 10.7. The number of rotatable bonds is 0. The van der Waals surface area contributed by atoms with E-state index in [4.69, 9.17) is 46.0 Å². The van der Waals surface area contributed by atoms with Gasteiger partial charge in [0.25, 0.3) is 10.2 Å². The molecule has 0 rings (SSSR count). The molecule has 88 valence electrons. The summed E-state index contributed by atoms with van der Waals surface area (Å²) < 4.78 is 0. The van der Waals surface area contributed by atoms with E-state index >= 15 is 0 Å². The first-order chi connectivity index (χ1) is 5.20. The average Bonchev–Trinajstić information content (AvgIpc) is 1.54. The van der Waals surface area contributed by atoms with Crippen molar-refractivity contribution in [3.8, 4) is 0 Å². The normalized spacial score (nSPS) is 4.80. The standard InChI is InChI=1S/K.2HNO3.NO3.2H3N/c;3*2-1(3)4;;/h;2*(H,2,3,4);;2*1H3/q+1;;;-1;;. The first kappa shape index (κ1) is 36.8. The van der Waals surface area contributed by atoms with Gasteiger partial charge in [0.15, 0.2) is 0 Å². The van der Waals surface area contributed by atoms with Crippen LogP contribution in [0.25, 0.3) is 0 Å². The Balaban J connectivity index is -0.0000000184. The molecule has 0 unspecified atom stereocenters. The number of hydrogen-bond donors (Lipinski definition) is 4. The molecule has 0 aromatic rings. The summed E-state index contributed by atoms with van der Waals surface area (Å²) in [4.78, 5) is 25.0. The Bertz CT molecular complexity index is 116. The summed E-state index contributed by atoms with van der Waals surface area (Å²) in [6.07, 6.45) is 0. The van der Waals surface area contributed by atoms with Gasteiger partial charge in [0.05, 0.1) is 5.09 Å². The van der Waals surface area contributed by atoms with Crippen LogP contribution in [0, 0.1) is 35.6 Å². The third kappa shape index (κ3) is 2300. The maximum Gasteiger partial charge on any atom is 1.00 e. The van der Waals surface area contributed by atoms with Crippen molar-refractivity contribution in [3.63, 3.8) is 0 Å². The molecular weight excluding hydrogens is 253 g/mol. The number of hydrogen-bond acceptors (Lipinski definition) is 9. The SMILES string of the molecule is N.N.O=[N+]([O-])O.O=[N+]([O-])O.O=[N+]([O-])[O-].[K+]. The summed E-state index contributed by atoms with van der Waals surface area (Å²) in [5, 5.41) is 42.0. The smallest absolute Gasteiger partial charge is 0.356 e. The zero-order valence-corrected chi connectivity index (χ0v) is 10.6. The second-order valence-electron chi connectivity index (χ2n) is 0.699. The van der Waals surface area contributed by atoms with E-state index < -0.39 is 15.3 Å². The molecular formula is H8KN5O9. The molecule has 0 saturated heterocycles. The van der Waals surface area contributed by atoms with Crippen LogP contribution in [-0.4, -0.2) is 25.7 Å². The predicted molar refractivity (Wildman–Crippen MR) is 38.0 cm³/mol. The Kier molecular flexibility index (Phi) is 71.8. The molecule has 14 nitrogen and oxygen atoms in total. The van der Waals surface area contributed by atoms with Crippen LogP contribution < -0.4 is 63.7 Å². The van der Waals surface area contributed by atoms with Gasteiger partial charge in [-0.05, 0) is 0 Å². The molecule has 0 saturated carbocycles. The van der Waals surface area contributed by atoms with Crippen molar-refractivity contribution in [3.05, 3.63) is 35.6 Å². The summed E-state index contributed by atoms with van der Waals surface area (Å²) in [6, 6.07) is 0.